The van der Waals surface area contributed by atoms with E-state index in [1.54, 1.807) is 13.2 Å². The number of primary amides is 1. The molecular weight excluding hydrogens is 388 g/mol. The third-order valence-corrected chi connectivity index (χ3v) is 6.91. The van der Waals surface area contributed by atoms with E-state index in [-0.39, 0.29) is 30.0 Å². The van der Waals surface area contributed by atoms with Crippen molar-refractivity contribution in [3.8, 4) is 0 Å². The fraction of sp³-hybridized carbons (Fsp3) is 0.632. The van der Waals surface area contributed by atoms with Gasteiger partial charge in [0.15, 0.2) is 0 Å². The molecule has 2 N–H and O–H groups in total. The van der Waals surface area contributed by atoms with E-state index >= 15 is 0 Å². The molecule has 1 amide bonds. The summed E-state index contributed by atoms with van der Waals surface area (Å²) in [4.78, 5) is 13.9. The zero-order valence-corrected chi connectivity index (χ0v) is 17.5. The second-order valence-electron chi connectivity index (χ2n) is 7.66. The maximum atomic E-state index is 11.6. The summed E-state index contributed by atoms with van der Waals surface area (Å²) in [6, 6.07) is 7.48. The number of sulfone groups is 1. The van der Waals surface area contributed by atoms with Crippen LogP contribution in [-0.2, 0) is 20.2 Å². The van der Waals surface area contributed by atoms with Crippen LogP contribution in [0.15, 0.2) is 24.3 Å². The molecule has 2 aliphatic rings. The van der Waals surface area contributed by atoms with Crippen LogP contribution < -0.4 is 5.73 Å². The summed E-state index contributed by atoms with van der Waals surface area (Å²) in [6.45, 7) is 2.17. The van der Waals surface area contributed by atoms with E-state index in [9.17, 15) is 13.2 Å². The number of nitrogens with two attached hydrogens (primary N) is 1. The van der Waals surface area contributed by atoms with E-state index in [2.05, 4.69) is 4.90 Å². The van der Waals surface area contributed by atoms with Gasteiger partial charge in [0.25, 0.3) is 0 Å². The monoisotopic (exact) mass is 416 g/mol. The minimum atomic E-state index is -2.97. The van der Waals surface area contributed by atoms with E-state index in [1.807, 2.05) is 18.2 Å². The van der Waals surface area contributed by atoms with Crippen molar-refractivity contribution in [3.05, 3.63) is 35.4 Å². The highest BCUT2D eigenvalue weighted by molar-refractivity contribution is 7.90. The third kappa shape index (κ3) is 4.47. The van der Waals surface area contributed by atoms with Gasteiger partial charge in [0.1, 0.15) is 15.4 Å². The van der Waals surface area contributed by atoms with Crippen LogP contribution in [0.5, 0.6) is 0 Å². The molecule has 152 valence electrons. The number of amides is 1. The molecule has 1 aromatic carbocycles. The lowest BCUT2D eigenvalue weighted by Crippen LogP contribution is -2.59. The number of nitrogens with zero attached hydrogens (tertiary/aromatic N) is 1. The molecule has 0 radical (unpaired) electrons. The number of halogens is 1. The topological polar surface area (TPSA) is 89.7 Å². The van der Waals surface area contributed by atoms with E-state index in [4.69, 9.17) is 10.5 Å². The van der Waals surface area contributed by atoms with Gasteiger partial charge < -0.3 is 15.4 Å². The highest BCUT2D eigenvalue weighted by Gasteiger charge is 2.53. The summed E-state index contributed by atoms with van der Waals surface area (Å²) >= 11 is 0. The predicted molar refractivity (Wildman–Crippen MR) is 108 cm³/mol. The van der Waals surface area contributed by atoms with Gasteiger partial charge in [-0.2, -0.15) is 0 Å². The van der Waals surface area contributed by atoms with Gasteiger partial charge in [0.05, 0.1) is 5.75 Å². The third-order valence-electron chi connectivity index (χ3n) is 5.99. The highest BCUT2D eigenvalue weighted by Crippen LogP contribution is 2.51. The number of ether oxygens (including phenoxy) is 1. The largest absolute Gasteiger partial charge is 0.373 e. The van der Waals surface area contributed by atoms with Gasteiger partial charge in [-0.1, -0.05) is 18.6 Å². The zero-order chi connectivity index (χ0) is 18.9. The Kier molecular flexibility index (Phi) is 6.95. The first-order valence-corrected chi connectivity index (χ1v) is 11.2. The Labute approximate surface area is 167 Å². The van der Waals surface area contributed by atoms with Crippen LogP contribution in [0.1, 0.15) is 35.2 Å². The zero-order valence-electron chi connectivity index (χ0n) is 15.9. The number of hydrogen-bond donors (Lipinski definition) is 1. The first-order chi connectivity index (χ1) is 12.3. The van der Waals surface area contributed by atoms with Gasteiger partial charge in [-0.05, 0) is 30.5 Å². The van der Waals surface area contributed by atoms with Gasteiger partial charge >= 0.3 is 0 Å². The van der Waals surface area contributed by atoms with Crippen molar-refractivity contribution < 1.29 is 17.9 Å². The number of benzene rings is 1. The number of likely N-dealkylation sites (tertiary alicyclic amines) is 1. The maximum absolute atomic E-state index is 11.6. The molecule has 8 heteroatoms. The molecule has 2 fully saturated rings. The van der Waals surface area contributed by atoms with Crippen LogP contribution in [0, 0.1) is 11.8 Å². The molecule has 0 unspecified atom stereocenters. The Bertz CT molecular complexity index is 770. The smallest absolute Gasteiger partial charge is 0.248 e. The Hall–Kier alpha value is -1.15. The quantitative estimate of drug-likeness (QED) is 0.764. The summed E-state index contributed by atoms with van der Waals surface area (Å²) in [5.41, 5.74) is 6.54. The van der Waals surface area contributed by atoms with Crippen molar-refractivity contribution in [1.82, 2.24) is 4.90 Å². The van der Waals surface area contributed by atoms with E-state index in [0.717, 1.165) is 37.9 Å². The second kappa shape index (κ2) is 8.47. The minimum absolute atomic E-state index is 0. The van der Waals surface area contributed by atoms with Crippen molar-refractivity contribution in [2.45, 2.75) is 24.9 Å². The van der Waals surface area contributed by atoms with Crippen molar-refractivity contribution in [2.75, 3.05) is 38.8 Å². The van der Waals surface area contributed by atoms with E-state index < -0.39 is 21.3 Å². The number of methoxy groups -OCH3 is 1. The number of carbonyl (C=O) groups excluding carboxylic acids is 1. The summed E-state index contributed by atoms with van der Waals surface area (Å²) in [5.74, 6) is 0.281. The number of fused-ring (bicyclic) bond motifs is 2. The number of carbonyl (C=O) groups is 1. The van der Waals surface area contributed by atoms with Crippen molar-refractivity contribution in [1.29, 1.82) is 0 Å². The second-order valence-corrected chi connectivity index (χ2v) is 9.92. The Morgan fingerprint density at radius 3 is 2.44 bits per heavy atom. The SMILES string of the molecule is CO[C@@]1(c2cccc(C(N)=O)c2)[C@@H]2CCC[C@H]1CN(CCS(C)(=O)=O)C2.Cl. The fourth-order valence-electron chi connectivity index (χ4n) is 4.84. The minimum Gasteiger partial charge on any atom is -0.373 e. The van der Waals surface area contributed by atoms with Gasteiger partial charge in [0.2, 0.25) is 5.91 Å². The summed E-state index contributed by atoms with van der Waals surface area (Å²) in [6.07, 6.45) is 4.49. The van der Waals surface area contributed by atoms with Crippen molar-refractivity contribution in [3.63, 3.8) is 0 Å². The molecule has 0 spiro atoms. The number of hydrogen-bond acceptors (Lipinski definition) is 5. The van der Waals surface area contributed by atoms with Crippen LogP contribution in [0.25, 0.3) is 0 Å². The Morgan fingerprint density at radius 2 is 1.93 bits per heavy atom. The molecule has 1 aliphatic heterocycles. The van der Waals surface area contributed by atoms with Gasteiger partial charge in [-0.15, -0.1) is 12.4 Å². The molecule has 3 atom stereocenters. The highest BCUT2D eigenvalue weighted by atomic mass is 35.5. The standard InChI is InChI=1S/C19H28N2O4S.ClH/c1-25-19(15-6-3-5-14(11-15)18(20)22)16-7-4-8-17(19)13-21(12-16)9-10-26(2,23)24;/h3,5-6,11,16-17H,4,7-10,12-13H2,1-2H3,(H2,20,22);1H/t16-,17+,19+;. The van der Waals surface area contributed by atoms with Crippen LogP contribution in [0.2, 0.25) is 0 Å². The van der Waals surface area contributed by atoms with Crippen LogP contribution in [0.3, 0.4) is 0 Å². The molecule has 1 aliphatic carbocycles. The first kappa shape index (κ1) is 22.1. The molecule has 1 saturated heterocycles. The average Bonchev–Trinajstić information content (AvgIpc) is 2.58. The lowest BCUT2D eigenvalue weighted by Gasteiger charge is -2.55. The summed E-state index contributed by atoms with van der Waals surface area (Å²) in [7, 11) is -1.23. The average molecular weight is 417 g/mol. The molecule has 3 rings (SSSR count). The van der Waals surface area contributed by atoms with E-state index in [0.29, 0.717) is 12.1 Å². The predicted octanol–water partition coefficient (Wildman–Crippen LogP) is 1.83. The Balaban J connectivity index is 0.00000261. The lowest BCUT2D eigenvalue weighted by molar-refractivity contribution is -0.168. The molecule has 27 heavy (non-hydrogen) atoms. The number of piperidine rings is 1. The van der Waals surface area contributed by atoms with Gasteiger partial charge in [-0.3, -0.25) is 4.79 Å². The van der Waals surface area contributed by atoms with Crippen LogP contribution in [-0.4, -0.2) is 58.0 Å². The molecule has 1 heterocycles. The van der Waals surface area contributed by atoms with Crippen molar-refractivity contribution >= 4 is 28.2 Å². The lowest BCUT2D eigenvalue weighted by atomic mass is 9.62. The molecule has 1 saturated carbocycles. The first-order valence-electron chi connectivity index (χ1n) is 9.12. The van der Waals surface area contributed by atoms with Crippen LogP contribution >= 0.6 is 12.4 Å². The molecule has 1 aromatic rings. The maximum Gasteiger partial charge on any atom is 0.248 e. The molecular formula is C19H29ClN2O4S. The molecule has 2 bridgehead atoms. The Morgan fingerprint density at radius 1 is 1.30 bits per heavy atom. The van der Waals surface area contributed by atoms with Gasteiger partial charge in [-0.25, -0.2) is 8.42 Å². The van der Waals surface area contributed by atoms with Crippen LogP contribution in [0.4, 0.5) is 0 Å². The fourth-order valence-corrected chi connectivity index (χ4v) is 5.43. The molecule has 6 nitrogen and oxygen atoms in total. The normalized spacial score (nSPS) is 28.4. The van der Waals surface area contributed by atoms with E-state index in [1.165, 1.54) is 6.26 Å². The van der Waals surface area contributed by atoms with Gasteiger partial charge in [0, 0.05) is 50.4 Å². The summed E-state index contributed by atoms with van der Waals surface area (Å²) < 4.78 is 29.2. The molecule has 0 aromatic heterocycles. The summed E-state index contributed by atoms with van der Waals surface area (Å²) in [5, 5.41) is 0. The number of rotatable bonds is 6. The van der Waals surface area contributed by atoms with Crippen molar-refractivity contribution in [2.24, 2.45) is 17.6 Å².